The lowest BCUT2D eigenvalue weighted by molar-refractivity contribution is -0.125. The third-order valence-electron chi connectivity index (χ3n) is 4.41. The van der Waals surface area contributed by atoms with Gasteiger partial charge in [-0.05, 0) is 45.2 Å². The summed E-state index contributed by atoms with van der Waals surface area (Å²) in [4.78, 5) is 14.5. The van der Waals surface area contributed by atoms with E-state index in [0.717, 1.165) is 39.0 Å². The van der Waals surface area contributed by atoms with E-state index in [1.807, 2.05) is 0 Å². The van der Waals surface area contributed by atoms with Crippen molar-refractivity contribution in [2.45, 2.75) is 39.2 Å². The van der Waals surface area contributed by atoms with Crippen LogP contribution < -0.4 is 10.6 Å². The first-order valence-corrected chi connectivity index (χ1v) is 7.42. The summed E-state index contributed by atoms with van der Waals surface area (Å²) < 4.78 is 0. The molecule has 2 rings (SSSR count). The molecule has 0 saturated carbocycles. The molecule has 18 heavy (non-hydrogen) atoms. The number of carbonyl (C=O) groups is 1. The maximum absolute atomic E-state index is 12.0. The number of hydrogen-bond acceptors (Lipinski definition) is 3. The van der Waals surface area contributed by atoms with E-state index in [1.165, 1.54) is 13.0 Å². The number of carbonyl (C=O) groups excluding carboxylic acids is 1. The van der Waals surface area contributed by atoms with Gasteiger partial charge in [0.25, 0.3) is 0 Å². The molecule has 3 unspecified atom stereocenters. The summed E-state index contributed by atoms with van der Waals surface area (Å²) in [6.45, 7) is 9.58. The van der Waals surface area contributed by atoms with Crippen LogP contribution in [0.15, 0.2) is 0 Å². The Morgan fingerprint density at radius 2 is 2.22 bits per heavy atom. The number of rotatable bonds is 4. The van der Waals surface area contributed by atoms with Gasteiger partial charge in [-0.25, -0.2) is 0 Å². The zero-order valence-electron chi connectivity index (χ0n) is 11.7. The maximum atomic E-state index is 12.0. The van der Waals surface area contributed by atoms with Crippen LogP contribution in [0.3, 0.4) is 0 Å². The molecule has 3 atom stereocenters. The molecule has 0 radical (unpaired) electrons. The number of nitrogens with zero attached hydrogens (tertiary/aromatic N) is 1. The molecule has 4 heteroatoms. The summed E-state index contributed by atoms with van der Waals surface area (Å²) in [6.07, 6.45) is 3.38. The number of nitrogens with one attached hydrogen (secondary N) is 2. The van der Waals surface area contributed by atoms with E-state index in [0.29, 0.717) is 12.0 Å². The monoisotopic (exact) mass is 253 g/mol. The first-order valence-electron chi connectivity index (χ1n) is 7.42. The Bertz CT molecular complexity index is 274. The fourth-order valence-electron chi connectivity index (χ4n) is 2.98. The van der Waals surface area contributed by atoms with Crippen molar-refractivity contribution in [1.82, 2.24) is 15.5 Å². The van der Waals surface area contributed by atoms with Crippen molar-refractivity contribution in [3.05, 3.63) is 0 Å². The van der Waals surface area contributed by atoms with Gasteiger partial charge in [-0.3, -0.25) is 4.79 Å². The zero-order valence-corrected chi connectivity index (χ0v) is 11.7. The minimum Gasteiger partial charge on any atom is -0.355 e. The van der Waals surface area contributed by atoms with Gasteiger partial charge in [-0.1, -0.05) is 6.92 Å². The van der Waals surface area contributed by atoms with Gasteiger partial charge in [0.15, 0.2) is 0 Å². The van der Waals surface area contributed by atoms with E-state index in [9.17, 15) is 4.79 Å². The molecule has 0 bridgehead atoms. The summed E-state index contributed by atoms with van der Waals surface area (Å²) in [5, 5.41) is 6.54. The number of likely N-dealkylation sites (tertiary alicyclic amines) is 1. The average Bonchev–Trinajstić information content (AvgIpc) is 2.85. The Hall–Kier alpha value is -0.610. The molecule has 4 nitrogen and oxygen atoms in total. The fourth-order valence-corrected chi connectivity index (χ4v) is 2.98. The van der Waals surface area contributed by atoms with Crippen LogP contribution in [0.5, 0.6) is 0 Å². The molecule has 2 aliphatic heterocycles. The van der Waals surface area contributed by atoms with Gasteiger partial charge < -0.3 is 15.5 Å². The molecule has 0 aromatic carbocycles. The van der Waals surface area contributed by atoms with Crippen molar-refractivity contribution in [2.75, 3.05) is 32.7 Å². The standard InChI is InChI=1S/C14H27N3O/c1-3-17-7-6-12(10-17)8-16-14(18)13-5-4-11(2)15-9-13/h11-13,15H,3-10H2,1-2H3,(H,16,18). The smallest absolute Gasteiger partial charge is 0.224 e. The third kappa shape index (κ3) is 3.69. The van der Waals surface area contributed by atoms with Gasteiger partial charge in [0, 0.05) is 25.7 Å². The van der Waals surface area contributed by atoms with Gasteiger partial charge in [-0.2, -0.15) is 0 Å². The van der Waals surface area contributed by atoms with E-state index < -0.39 is 0 Å². The quantitative estimate of drug-likeness (QED) is 0.780. The zero-order chi connectivity index (χ0) is 13.0. The van der Waals surface area contributed by atoms with Gasteiger partial charge in [-0.15, -0.1) is 0 Å². The molecular formula is C14H27N3O. The van der Waals surface area contributed by atoms with Crippen molar-refractivity contribution in [1.29, 1.82) is 0 Å². The van der Waals surface area contributed by atoms with Crippen LogP contribution in [0.2, 0.25) is 0 Å². The Morgan fingerprint density at radius 1 is 1.39 bits per heavy atom. The van der Waals surface area contributed by atoms with Crippen LogP contribution in [-0.4, -0.2) is 49.6 Å². The minimum atomic E-state index is 0.185. The summed E-state index contributed by atoms with van der Waals surface area (Å²) in [6, 6.07) is 0.571. The Kier molecular flexibility index (Phi) is 5.01. The van der Waals surface area contributed by atoms with Gasteiger partial charge in [0.1, 0.15) is 0 Å². The van der Waals surface area contributed by atoms with Crippen molar-refractivity contribution in [3.63, 3.8) is 0 Å². The molecule has 2 N–H and O–H groups in total. The molecule has 0 aromatic rings. The van der Waals surface area contributed by atoms with Crippen molar-refractivity contribution in [3.8, 4) is 0 Å². The fraction of sp³-hybridized carbons (Fsp3) is 0.929. The lowest BCUT2D eigenvalue weighted by Crippen LogP contribution is -2.45. The van der Waals surface area contributed by atoms with Crippen LogP contribution in [0, 0.1) is 11.8 Å². The predicted octanol–water partition coefficient (Wildman–Crippen LogP) is 0.833. The van der Waals surface area contributed by atoms with Crippen molar-refractivity contribution >= 4 is 5.91 Å². The highest BCUT2D eigenvalue weighted by Crippen LogP contribution is 2.16. The summed E-state index contributed by atoms with van der Waals surface area (Å²) in [7, 11) is 0. The normalized spacial score (nSPS) is 33.6. The second kappa shape index (κ2) is 6.53. The molecule has 1 amide bonds. The molecule has 2 saturated heterocycles. The SMILES string of the molecule is CCN1CCC(CNC(=O)C2CCC(C)NC2)C1. The van der Waals surface area contributed by atoms with Crippen LogP contribution >= 0.6 is 0 Å². The molecule has 2 heterocycles. The molecule has 0 aromatic heterocycles. The van der Waals surface area contributed by atoms with Crippen LogP contribution in [0.25, 0.3) is 0 Å². The first kappa shape index (κ1) is 13.8. The summed E-state index contributed by atoms with van der Waals surface area (Å²) in [5.41, 5.74) is 0. The highest BCUT2D eigenvalue weighted by Gasteiger charge is 2.26. The topological polar surface area (TPSA) is 44.4 Å². The maximum Gasteiger partial charge on any atom is 0.224 e. The predicted molar refractivity (Wildman–Crippen MR) is 73.4 cm³/mol. The van der Waals surface area contributed by atoms with Crippen molar-refractivity contribution in [2.24, 2.45) is 11.8 Å². The van der Waals surface area contributed by atoms with E-state index in [4.69, 9.17) is 0 Å². The lowest BCUT2D eigenvalue weighted by atomic mass is 9.94. The first-order chi connectivity index (χ1) is 8.69. The second-order valence-electron chi connectivity index (χ2n) is 5.88. The van der Waals surface area contributed by atoms with E-state index >= 15 is 0 Å². The molecular weight excluding hydrogens is 226 g/mol. The minimum absolute atomic E-state index is 0.185. The van der Waals surface area contributed by atoms with E-state index in [1.54, 1.807) is 0 Å². The molecule has 104 valence electrons. The Labute approximate surface area is 110 Å². The molecule has 0 aliphatic carbocycles. The number of piperidine rings is 1. The lowest BCUT2D eigenvalue weighted by Gasteiger charge is -2.27. The van der Waals surface area contributed by atoms with Gasteiger partial charge in [0.2, 0.25) is 5.91 Å². The van der Waals surface area contributed by atoms with E-state index in [-0.39, 0.29) is 11.8 Å². The average molecular weight is 253 g/mol. The van der Waals surface area contributed by atoms with Gasteiger partial charge >= 0.3 is 0 Å². The highest BCUT2D eigenvalue weighted by atomic mass is 16.1. The third-order valence-corrected chi connectivity index (χ3v) is 4.41. The van der Waals surface area contributed by atoms with Crippen LogP contribution in [-0.2, 0) is 4.79 Å². The van der Waals surface area contributed by atoms with E-state index in [2.05, 4.69) is 29.4 Å². The largest absolute Gasteiger partial charge is 0.355 e. The molecule has 2 fully saturated rings. The van der Waals surface area contributed by atoms with Crippen LogP contribution in [0.4, 0.5) is 0 Å². The van der Waals surface area contributed by atoms with Gasteiger partial charge in [0.05, 0.1) is 5.92 Å². The van der Waals surface area contributed by atoms with Crippen molar-refractivity contribution < 1.29 is 4.79 Å². The summed E-state index contributed by atoms with van der Waals surface area (Å²) >= 11 is 0. The van der Waals surface area contributed by atoms with Crippen LogP contribution in [0.1, 0.15) is 33.1 Å². The molecule has 0 spiro atoms. The Balaban J connectivity index is 1.66. The molecule has 2 aliphatic rings. The Morgan fingerprint density at radius 3 is 2.83 bits per heavy atom. The number of amides is 1. The number of hydrogen-bond donors (Lipinski definition) is 2. The highest BCUT2D eigenvalue weighted by molar-refractivity contribution is 5.79. The summed E-state index contributed by atoms with van der Waals surface area (Å²) in [5.74, 6) is 1.10. The second-order valence-corrected chi connectivity index (χ2v) is 5.88.